The van der Waals surface area contributed by atoms with Crippen molar-refractivity contribution in [2.24, 2.45) is 0 Å². The number of fused-ring (bicyclic) bond motifs is 1. The van der Waals surface area contributed by atoms with E-state index in [9.17, 15) is 21.6 Å². The Bertz CT molecular complexity index is 1090. The van der Waals surface area contributed by atoms with Gasteiger partial charge in [0.15, 0.2) is 0 Å². The molecule has 0 N–H and O–H groups in total. The Morgan fingerprint density at radius 3 is 2.26 bits per heavy atom. The first kappa shape index (κ1) is 17.9. The van der Waals surface area contributed by atoms with Gasteiger partial charge in [-0.15, -0.1) is 0 Å². The number of rotatable bonds is 3. The molecular weight excluding hydrogens is 377 g/mol. The van der Waals surface area contributed by atoms with Crippen LogP contribution in [-0.4, -0.2) is 30.8 Å². The van der Waals surface area contributed by atoms with Crippen molar-refractivity contribution < 1.29 is 21.6 Å². The highest BCUT2D eigenvalue weighted by Gasteiger charge is 2.38. The third-order valence-corrected chi connectivity index (χ3v) is 6.55. The Morgan fingerprint density at radius 1 is 0.926 bits per heavy atom. The average Bonchev–Trinajstić information content (AvgIpc) is 2.59. The number of pyridine rings is 1. The molecule has 0 aliphatic carbocycles. The molecule has 140 valence electrons. The Kier molecular flexibility index (Phi) is 4.20. The van der Waals surface area contributed by atoms with Crippen molar-refractivity contribution in [2.75, 3.05) is 13.1 Å². The number of sulfonamides is 1. The van der Waals surface area contributed by atoms with E-state index in [1.807, 2.05) is 36.4 Å². The summed E-state index contributed by atoms with van der Waals surface area (Å²) in [6, 6.07) is 15.1. The molecule has 1 aliphatic rings. The zero-order valence-electron chi connectivity index (χ0n) is 14.0. The molecule has 0 amide bonds. The quantitative estimate of drug-likeness (QED) is 0.676. The molecule has 2 aromatic carbocycles. The van der Waals surface area contributed by atoms with Crippen LogP contribution in [0.15, 0.2) is 65.6 Å². The molecule has 4 rings (SSSR count). The summed E-state index contributed by atoms with van der Waals surface area (Å²) in [7, 11) is -3.81. The summed E-state index contributed by atoms with van der Waals surface area (Å²) in [6.07, 6.45) is -4.49. The highest BCUT2D eigenvalue weighted by atomic mass is 32.2. The van der Waals surface area contributed by atoms with E-state index in [1.165, 1.54) is 4.31 Å². The lowest BCUT2D eigenvalue weighted by Gasteiger charge is -2.37. The lowest BCUT2D eigenvalue weighted by Crippen LogP contribution is -2.48. The molecule has 0 radical (unpaired) electrons. The van der Waals surface area contributed by atoms with E-state index in [0.29, 0.717) is 0 Å². The molecule has 1 fully saturated rings. The van der Waals surface area contributed by atoms with Crippen LogP contribution in [0.5, 0.6) is 0 Å². The first-order valence-corrected chi connectivity index (χ1v) is 9.72. The van der Waals surface area contributed by atoms with Crippen molar-refractivity contribution in [3.63, 3.8) is 0 Å². The van der Waals surface area contributed by atoms with E-state index >= 15 is 0 Å². The second-order valence-corrected chi connectivity index (χ2v) is 8.41. The number of nitrogens with zero attached hydrogens (tertiary/aromatic N) is 2. The van der Waals surface area contributed by atoms with Gasteiger partial charge in [0.2, 0.25) is 10.0 Å². The van der Waals surface area contributed by atoms with Crippen LogP contribution in [0.3, 0.4) is 0 Å². The number of hydrogen-bond acceptors (Lipinski definition) is 3. The van der Waals surface area contributed by atoms with Crippen LogP contribution in [0.2, 0.25) is 0 Å². The molecule has 0 bridgehead atoms. The van der Waals surface area contributed by atoms with Crippen LogP contribution in [0.25, 0.3) is 10.9 Å². The summed E-state index contributed by atoms with van der Waals surface area (Å²) in [5.41, 5.74) is 0.787. The summed E-state index contributed by atoms with van der Waals surface area (Å²) in [5, 5.41) is 1.01. The van der Waals surface area contributed by atoms with E-state index in [-0.39, 0.29) is 23.9 Å². The second kappa shape index (κ2) is 6.31. The van der Waals surface area contributed by atoms with E-state index in [4.69, 9.17) is 0 Å². The van der Waals surface area contributed by atoms with Crippen molar-refractivity contribution in [1.82, 2.24) is 9.29 Å². The van der Waals surface area contributed by atoms with E-state index in [1.54, 1.807) is 0 Å². The van der Waals surface area contributed by atoms with E-state index in [2.05, 4.69) is 4.98 Å². The summed E-state index contributed by atoms with van der Waals surface area (Å²) in [5.74, 6) is -0.0289. The summed E-state index contributed by atoms with van der Waals surface area (Å²) in [4.78, 5) is 4.44. The number of benzene rings is 2. The second-order valence-electron chi connectivity index (χ2n) is 6.47. The molecule has 8 heteroatoms. The molecule has 4 nitrogen and oxygen atoms in total. The highest BCUT2D eigenvalue weighted by molar-refractivity contribution is 7.89. The van der Waals surface area contributed by atoms with Crippen LogP contribution in [-0.2, 0) is 16.2 Å². The normalized spacial score (nSPS) is 16.4. The molecule has 2 heterocycles. The number of halogens is 3. The molecule has 0 unspecified atom stereocenters. The molecule has 0 atom stereocenters. The minimum Gasteiger partial charge on any atom is -0.252 e. The number of aromatic nitrogens is 1. The van der Waals surface area contributed by atoms with Crippen molar-refractivity contribution in [1.29, 1.82) is 0 Å². The smallest absolute Gasteiger partial charge is 0.252 e. The van der Waals surface area contributed by atoms with Crippen LogP contribution in [0.4, 0.5) is 13.2 Å². The molecule has 1 aliphatic heterocycles. The van der Waals surface area contributed by atoms with Crippen molar-refractivity contribution in [2.45, 2.75) is 17.0 Å². The standard InChI is InChI=1S/C19H15F3N2O2S/c20-19(21,22)15-6-8-16(9-7-15)27(25,26)24-11-14(12-24)18-10-5-13-3-1-2-4-17(13)23-18/h1-10,14H,11-12H2. The monoisotopic (exact) mass is 392 g/mol. The van der Waals surface area contributed by atoms with Crippen LogP contribution >= 0.6 is 0 Å². The molecular formula is C19H15F3N2O2S. The van der Waals surface area contributed by atoms with Gasteiger partial charge in [-0.1, -0.05) is 24.3 Å². The zero-order chi connectivity index (χ0) is 19.2. The fourth-order valence-corrected chi connectivity index (χ4v) is 4.63. The minimum atomic E-state index is -4.49. The number of alkyl halides is 3. The topological polar surface area (TPSA) is 50.3 Å². The third-order valence-electron chi connectivity index (χ3n) is 4.71. The fourth-order valence-electron chi connectivity index (χ4n) is 3.10. The van der Waals surface area contributed by atoms with Gasteiger partial charge in [-0.3, -0.25) is 4.98 Å². The van der Waals surface area contributed by atoms with Crippen LogP contribution in [0, 0.1) is 0 Å². The van der Waals surface area contributed by atoms with Gasteiger partial charge in [-0.25, -0.2) is 8.42 Å². The van der Waals surface area contributed by atoms with Crippen molar-refractivity contribution >= 4 is 20.9 Å². The molecule has 0 saturated carbocycles. The zero-order valence-corrected chi connectivity index (χ0v) is 14.8. The highest BCUT2D eigenvalue weighted by Crippen LogP contribution is 2.34. The lowest BCUT2D eigenvalue weighted by molar-refractivity contribution is -0.137. The maximum Gasteiger partial charge on any atom is 0.416 e. The molecule has 1 saturated heterocycles. The first-order valence-electron chi connectivity index (χ1n) is 8.28. The van der Waals surface area contributed by atoms with Crippen LogP contribution < -0.4 is 0 Å². The van der Waals surface area contributed by atoms with Gasteiger partial charge in [-0.2, -0.15) is 17.5 Å². The molecule has 3 aromatic rings. The average molecular weight is 392 g/mol. The number of hydrogen-bond donors (Lipinski definition) is 0. The maximum atomic E-state index is 12.6. The summed E-state index contributed by atoms with van der Waals surface area (Å²) >= 11 is 0. The van der Waals surface area contributed by atoms with Crippen molar-refractivity contribution in [3.8, 4) is 0 Å². The SMILES string of the molecule is O=S(=O)(c1ccc(C(F)(F)F)cc1)N1CC(c2ccc3ccccc3n2)C1. The Morgan fingerprint density at radius 2 is 1.59 bits per heavy atom. The molecule has 0 spiro atoms. The largest absolute Gasteiger partial charge is 0.416 e. The Balaban J connectivity index is 1.50. The summed E-state index contributed by atoms with van der Waals surface area (Å²) < 4.78 is 64.3. The van der Waals surface area contributed by atoms with Gasteiger partial charge in [-0.05, 0) is 36.4 Å². The Labute approximate surface area is 154 Å². The first-order chi connectivity index (χ1) is 12.7. The third kappa shape index (κ3) is 3.30. The van der Waals surface area contributed by atoms with Gasteiger partial charge in [0.05, 0.1) is 16.0 Å². The molecule has 27 heavy (non-hydrogen) atoms. The van der Waals surface area contributed by atoms with E-state index < -0.39 is 21.8 Å². The predicted molar refractivity (Wildman–Crippen MR) is 94.7 cm³/mol. The number of para-hydroxylation sites is 1. The maximum absolute atomic E-state index is 12.6. The minimum absolute atomic E-state index is 0.0289. The van der Waals surface area contributed by atoms with Gasteiger partial charge in [0.1, 0.15) is 0 Å². The van der Waals surface area contributed by atoms with Crippen LogP contribution in [0.1, 0.15) is 17.2 Å². The lowest BCUT2D eigenvalue weighted by atomic mass is 9.98. The van der Waals surface area contributed by atoms with Crippen molar-refractivity contribution in [3.05, 3.63) is 71.9 Å². The van der Waals surface area contributed by atoms with E-state index in [0.717, 1.165) is 40.9 Å². The van der Waals surface area contributed by atoms with Gasteiger partial charge in [0, 0.05) is 30.1 Å². The van der Waals surface area contributed by atoms with Gasteiger partial charge >= 0.3 is 6.18 Å². The van der Waals surface area contributed by atoms with Gasteiger partial charge in [0.25, 0.3) is 0 Å². The Hall–Kier alpha value is -2.45. The fraction of sp³-hybridized carbons (Fsp3) is 0.211. The summed E-state index contributed by atoms with van der Waals surface area (Å²) in [6.45, 7) is 0.517. The van der Waals surface area contributed by atoms with Gasteiger partial charge < -0.3 is 0 Å². The predicted octanol–water partition coefficient (Wildman–Crippen LogP) is 4.04. The molecule has 1 aromatic heterocycles.